The second kappa shape index (κ2) is 6.81. The molecule has 0 aliphatic carbocycles. The number of halogens is 1. The molecule has 1 aromatic heterocycles. The first kappa shape index (κ1) is 14.9. The van der Waals surface area contributed by atoms with Crippen LogP contribution in [-0.2, 0) is 13.1 Å². The van der Waals surface area contributed by atoms with E-state index >= 15 is 0 Å². The predicted octanol–water partition coefficient (Wildman–Crippen LogP) is 1.91. The lowest BCUT2D eigenvalue weighted by molar-refractivity contribution is 0.318. The number of nitrogens with zero attached hydrogens (tertiary/aromatic N) is 2. The molecule has 4 N–H and O–H groups in total. The van der Waals surface area contributed by atoms with Crippen LogP contribution in [0.25, 0.3) is 0 Å². The molecule has 0 radical (unpaired) electrons. The molecule has 5 nitrogen and oxygen atoms in total. The monoisotopic (exact) mass is 288 g/mol. The number of hydrogen-bond donors (Lipinski definition) is 3. The van der Waals surface area contributed by atoms with Gasteiger partial charge in [0.15, 0.2) is 5.84 Å². The zero-order valence-corrected chi connectivity index (χ0v) is 11.7. The molecule has 0 unspecified atom stereocenters. The van der Waals surface area contributed by atoms with Crippen LogP contribution in [-0.4, -0.2) is 16.0 Å². The van der Waals surface area contributed by atoms with E-state index in [1.807, 2.05) is 19.1 Å². The third-order valence-corrected chi connectivity index (χ3v) is 3.07. The highest BCUT2D eigenvalue weighted by atomic mass is 19.1. The van der Waals surface area contributed by atoms with Crippen LogP contribution in [0.4, 0.5) is 4.39 Å². The summed E-state index contributed by atoms with van der Waals surface area (Å²) in [7, 11) is 0. The molecular formula is C15H17FN4O. The van der Waals surface area contributed by atoms with E-state index in [0.717, 1.165) is 11.3 Å². The Bertz CT molecular complexity index is 641. The summed E-state index contributed by atoms with van der Waals surface area (Å²) in [5.74, 6) is -0.507. The maximum atomic E-state index is 13.9. The summed E-state index contributed by atoms with van der Waals surface area (Å²) >= 11 is 0. The minimum atomic E-state index is -0.395. The molecule has 1 aromatic carbocycles. The van der Waals surface area contributed by atoms with Gasteiger partial charge in [0.2, 0.25) is 0 Å². The summed E-state index contributed by atoms with van der Waals surface area (Å²) in [5.41, 5.74) is 8.28. The molecule has 2 rings (SSSR count). The van der Waals surface area contributed by atoms with Crippen LogP contribution in [0.1, 0.15) is 22.4 Å². The van der Waals surface area contributed by atoms with Crippen molar-refractivity contribution >= 4 is 5.84 Å². The van der Waals surface area contributed by atoms with E-state index < -0.39 is 5.82 Å². The van der Waals surface area contributed by atoms with E-state index in [1.165, 1.54) is 6.07 Å². The molecule has 0 aliphatic rings. The van der Waals surface area contributed by atoms with Crippen molar-refractivity contribution in [2.24, 2.45) is 10.9 Å². The van der Waals surface area contributed by atoms with Crippen LogP contribution in [0.5, 0.6) is 0 Å². The Morgan fingerprint density at radius 1 is 1.33 bits per heavy atom. The van der Waals surface area contributed by atoms with E-state index in [1.54, 1.807) is 18.3 Å². The smallest absolute Gasteiger partial charge is 0.170 e. The van der Waals surface area contributed by atoms with Gasteiger partial charge >= 0.3 is 0 Å². The van der Waals surface area contributed by atoms with Crippen molar-refractivity contribution < 1.29 is 9.60 Å². The molecular weight excluding hydrogens is 271 g/mol. The second-order valence-corrected chi connectivity index (χ2v) is 4.70. The van der Waals surface area contributed by atoms with Gasteiger partial charge in [0.05, 0.1) is 0 Å². The number of nitrogens with one attached hydrogen (secondary N) is 1. The zero-order valence-electron chi connectivity index (χ0n) is 11.7. The molecule has 0 atom stereocenters. The first-order chi connectivity index (χ1) is 10.1. The van der Waals surface area contributed by atoms with Crippen LogP contribution >= 0.6 is 0 Å². The van der Waals surface area contributed by atoms with E-state index in [4.69, 9.17) is 10.9 Å². The average molecular weight is 288 g/mol. The Hall–Kier alpha value is -2.47. The molecule has 0 saturated carbocycles. The van der Waals surface area contributed by atoms with Gasteiger partial charge in [-0.05, 0) is 24.6 Å². The topological polar surface area (TPSA) is 83.5 Å². The van der Waals surface area contributed by atoms with Gasteiger partial charge in [-0.25, -0.2) is 4.39 Å². The minimum absolute atomic E-state index is 0.112. The summed E-state index contributed by atoms with van der Waals surface area (Å²) < 4.78 is 13.9. The average Bonchev–Trinajstić information content (AvgIpc) is 2.50. The van der Waals surface area contributed by atoms with Gasteiger partial charge in [0.1, 0.15) is 5.82 Å². The van der Waals surface area contributed by atoms with Gasteiger partial charge in [-0.3, -0.25) is 4.98 Å². The number of hydrogen-bond acceptors (Lipinski definition) is 4. The van der Waals surface area contributed by atoms with E-state index in [0.29, 0.717) is 24.2 Å². The molecule has 6 heteroatoms. The van der Waals surface area contributed by atoms with Gasteiger partial charge in [0, 0.05) is 36.1 Å². The maximum Gasteiger partial charge on any atom is 0.170 e. The van der Waals surface area contributed by atoms with Crippen molar-refractivity contribution in [3.63, 3.8) is 0 Å². The normalized spacial score (nSPS) is 11.6. The summed E-state index contributed by atoms with van der Waals surface area (Å²) in [6.45, 7) is 2.92. The summed E-state index contributed by atoms with van der Waals surface area (Å²) in [6, 6.07) is 8.39. The van der Waals surface area contributed by atoms with Crippen molar-refractivity contribution in [3.05, 3.63) is 64.7 Å². The molecule has 0 bridgehead atoms. The Labute approximate surface area is 122 Å². The summed E-state index contributed by atoms with van der Waals surface area (Å²) in [5, 5.41) is 14.6. The second-order valence-electron chi connectivity index (χ2n) is 4.70. The fourth-order valence-electron chi connectivity index (χ4n) is 1.85. The molecule has 0 aliphatic heterocycles. The predicted molar refractivity (Wildman–Crippen MR) is 78.4 cm³/mol. The number of aromatic nitrogens is 1. The lowest BCUT2D eigenvalue weighted by Crippen LogP contribution is -2.16. The maximum absolute atomic E-state index is 13.9. The fourth-order valence-corrected chi connectivity index (χ4v) is 1.85. The third-order valence-electron chi connectivity index (χ3n) is 3.07. The number of aryl methyl sites for hydroxylation is 1. The highest BCUT2D eigenvalue weighted by Gasteiger charge is 2.06. The van der Waals surface area contributed by atoms with Gasteiger partial charge in [-0.15, -0.1) is 0 Å². The van der Waals surface area contributed by atoms with Crippen molar-refractivity contribution in [3.8, 4) is 0 Å². The molecule has 0 fully saturated rings. The third kappa shape index (κ3) is 4.00. The standard InChI is InChI=1S/C15H17FN4O/c1-10-2-3-11(8-19-10)7-18-9-13-5-4-12(6-14(13)16)15(17)20-21/h2-6,8,18,21H,7,9H2,1H3,(H2,17,20). The zero-order chi connectivity index (χ0) is 15.2. The van der Waals surface area contributed by atoms with E-state index in [9.17, 15) is 4.39 Å². The Morgan fingerprint density at radius 3 is 2.76 bits per heavy atom. The molecule has 21 heavy (non-hydrogen) atoms. The largest absolute Gasteiger partial charge is 0.409 e. The Morgan fingerprint density at radius 2 is 2.14 bits per heavy atom. The van der Waals surface area contributed by atoms with Crippen LogP contribution in [0, 0.1) is 12.7 Å². The van der Waals surface area contributed by atoms with Crippen molar-refractivity contribution in [1.29, 1.82) is 0 Å². The van der Waals surface area contributed by atoms with Gasteiger partial charge in [0.25, 0.3) is 0 Å². The number of rotatable bonds is 5. The minimum Gasteiger partial charge on any atom is -0.409 e. The SMILES string of the molecule is Cc1ccc(CNCc2ccc(C(N)=NO)cc2F)cn1. The number of amidine groups is 1. The first-order valence-electron chi connectivity index (χ1n) is 6.48. The van der Waals surface area contributed by atoms with E-state index in [-0.39, 0.29) is 5.84 Å². The van der Waals surface area contributed by atoms with Crippen molar-refractivity contribution in [2.45, 2.75) is 20.0 Å². The van der Waals surface area contributed by atoms with Crippen LogP contribution < -0.4 is 11.1 Å². The van der Waals surface area contributed by atoms with Crippen LogP contribution in [0.2, 0.25) is 0 Å². The van der Waals surface area contributed by atoms with Crippen molar-refractivity contribution in [1.82, 2.24) is 10.3 Å². The highest BCUT2D eigenvalue weighted by Crippen LogP contribution is 2.11. The van der Waals surface area contributed by atoms with Gasteiger partial charge < -0.3 is 16.3 Å². The first-order valence-corrected chi connectivity index (χ1v) is 6.48. The lowest BCUT2D eigenvalue weighted by Gasteiger charge is -2.07. The van der Waals surface area contributed by atoms with Crippen LogP contribution in [0.15, 0.2) is 41.7 Å². The Balaban J connectivity index is 1.96. The fraction of sp³-hybridized carbons (Fsp3) is 0.200. The van der Waals surface area contributed by atoms with Crippen LogP contribution in [0.3, 0.4) is 0 Å². The van der Waals surface area contributed by atoms with E-state index in [2.05, 4.69) is 15.5 Å². The lowest BCUT2D eigenvalue weighted by atomic mass is 10.1. The molecule has 0 saturated heterocycles. The van der Waals surface area contributed by atoms with Crippen molar-refractivity contribution in [2.75, 3.05) is 0 Å². The number of pyridine rings is 1. The number of oxime groups is 1. The summed E-state index contributed by atoms with van der Waals surface area (Å²) in [6.07, 6.45) is 1.79. The van der Waals surface area contributed by atoms with Gasteiger partial charge in [-0.2, -0.15) is 0 Å². The summed E-state index contributed by atoms with van der Waals surface area (Å²) in [4.78, 5) is 4.20. The molecule has 0 amide bonds. The highest BCUT2D eigenvalue weighted by molar-refractivity contribution is 5.97. The number of benzene rings is 1. The molecule has 0 spiro atoms. The van der Waals surface area contributed by atoms with Gasteiger partial charge in [-0.1, -0.05) is 23.4 Å². The quantitative estimate of drug-likeness (QED) is 0.340. The number of nitrogens with two attached hydrogens (primary N) is 1. The Kier molecular flexibility index (Phi) is 4.84. The molecule has 110 valence electrons. The molecule has 2 aromatic rings. The molecule has 1 heterocycles.